The topological polar surface area (TPSA) is 68.1 Å². The van der Waals surface area contributed by atoms with Crippen LogP contribution in [0.15, 0.2) is 47.1 Å². The van der Waals surface area contributed by atoms with Crippen LogP contribution in [-0.4, -0.2) is 20.3 Å². The second-order valence-corrected chi connectivity index (χ2v) is 6.46. The van der Waals surface area contributed by atoms with Crippen LogP contribution in [0.4, 0.5) is 0 Å². The highest BCUT2D eigenvalue weighted by Gasteiger charge is 2.09. The van der Waals surface area contributed by atoms with Crippen molar-refractivity contribution >= 4 is 27.5 Å². The van der Waals surface area contributed by atoms with E-state index >= 15 is 0 Å². The van der Waals surface area contributed by atoms with E-state index in [4.69, 9.17) is 16.3 Å². The number of phenols is 1. The lowest BCUT2D eigenvalue weighted by Gasteiger charge is -2.07. The molecule has 5 nitrogen and oxygen atoms in total. The Balaban J connectivity index is 1.74. The molecule has 3 aromatic rings. The molecule has 0 aliphatic rings. The molecule has 1 N–H and O–H groups in total. The molecule has 0 aliphatic heterocycles. The van der Waals surface area contributed by atoms with Crippen LogP contribution in [0.3, 0.4) is 0 Å². The Morgan fingerprint density at radius 3 is 2.71 bits per heavy atom. The Morgan fingerprint density at radius 1 is 1.21 bits per heavy atom. The Kier molecular flexibility index (Phi) is 4.97. The van der Waals surface area contributed by atoms with Crippen molar-refractivity contribution in [2.24, 2.45) is 0 Å². The van der Waals surface area contributed by atoms with Crippen LogP contribution in [0.5, 0.6) is 11.8 Å². The van der Waals surface area contributed by atoms with Gasteiger partial charge in [-0.1, -0.05) is 28.8 Å². The van der Waals surface area contributed by atoms with E-state index in [-0.39, 0.29) is 11.8 Å². The van der Waals surface area contributed by atoms with Crippen molar-refractivity contribution in [3.8, 4) is 23.0 Å². The van der Waals surface area contributed by atoms with Crippen molar-refractivity contribution in [1.29, 1.82) is 0 Å². The molecular weight excluding hydrogens is 394 g/mol. The van der Waals surface area contributed by atoms with Crippen LogP contribution < -0.4 is 4.74 Å². The summed E-state index contributed by atoms with van der Waals surface area (Å²) in [6.45, 7) is 2.12. The summed E-state index contributed by atoms with van der Waals surface area (Å²) in [4.78, 5) is 4.17. The molecule has 2 aromatic carbocycles. The zero-order valence-electron chi connectivity index (χ0n) is 12.7. The van der Waals surface area contributed by atoms with Crippen LogP contribution in [0.25, 0.3) is 11.3 Å². The first-order valence-electron chi connectivity index (χ1n) is 7.09. The summed E-state index contributed by atoms with van der Waals surface area (Å²) in [5, 5.41) is 18.5. The first-order valence-corrected chi connectivity index (χ1v) is 8.26. The molecule has 0 unspecified atom stereocenters. The van der Waals surface area contributed by atoms with Gasteiger partial charge in [0.1, 0.15) is 18.1 Å². The van der Waals surface area contributed by atoms with Crippen LogP contribution in [0.2, 0.25) is 5.02 Å². The van der Waals surface area contributed by atoms with E-state index in [0.29, 0.717) is 21.8 Å². The lowest BCUT2D eigenvalue weighted by Crippen LogP contribution is -2.01. The summed E-state index contributed by atoms with van der Waals surface area (Å²) in [6, 6.07) is 11.2. The molecule has 3 rings (SSSR count). The minimum absolute atomic E-state index is 0.188. The molecule has 24 heavy (non-hydrogen) atoms. The van der Waals surface area contributed by atoms with Gasteiger partial charge in [0, 0.05) is 10.6 Å². The van der Waals surface area contributed by atoms with Gasteiger partial charge < -0.3 is 9.84 Å². The fourth-order valence-corrected chi connectivity index (χ4v) is 2.89. The predicted octanol–water partition coefficient (Wildman–Crippen LogP) is 4.55. The van der Waals surface area contributed by atoms with Crippen molar-refractivity contribution in [3.05, 3.63) is 63.2 Å². The van der Waals surface area contributed by atoms with Gasteiger partial charge in [0.2, 0.25) is 0 Å². The third-order valence-electron chi connectivity index (χ3n) is 3.35. The number of halogens is 2. The average molecular weight is 407 g/mol. The van der Waals surface area contributed by atoms with Gasteiger partial charge in [-0.25, -0.2) is 4.98 Å². The Morgan fingerprint density at radius 2 is 2.04 bits per heavy atom. The molecule has 7 heteroatoms. The van der Waals surface area contributed by atoms with E-state index in [1.807, 2.05) is 31.2 Å². The highest BCUT2D eigenvalue weighted by Crippen LogP contribution is 2.32. The second-order valence-electron chi connectivity index (χ2n) is 5.17. The van der Waals surface area contributed by atoms with E-state index in [1.54, 1.807) is 18.3 Å². The van der Waals surface area contributed by atoms with Crippen LogP contribution >= 0.6 is 27.5 Å². The number of aryl methyl sites for hydroxylation is 1. The number of ether oxygens (including phenoxy) is 1. The Bertz CT molecular complexity index is 849. The van der Waals surface area contributed by atoms with Gasteiger partial charge in [-0.2, -0.15) is 0 Å². The van der Waals surface area contributed by atoms with Gasteiger partial charge in [-0.05, 0) is 58.2 Å². The number of benzene rings is 2. The van der Waals surface area contributed by atoms with Crippen molar-refractivity contribution in [2.75, 3.05) is 0 Å². The zero-order chi connectivity index (χ0) is 17.1. The highest BCUT2D eigenvalue weighted by atomic mass is 79.9. The molecule has 0 radical (unpaired) electrons. The van der Waals surface area contributed by atoms with Crippen molar-refractivity contribution in [3.63, 3.8) is 0 Å². The molecule has 0 saturated heterocycles. The number of aromatic hydroxyl groups is 1. The third kappa shape index (κ3) is 3.83. The number of phenolic OH excluding ortho intramolecular Hbond substituents is 1. The Labute approximate surface area is 152 Å². The maximum absolute atomic E-state index is 9.79. The highest BCUT2D eigenvalue weighted by molar-refractivity contribution is 9.10. The standard InChI is InChI=1S/C17H13BrClN3O2/c1-10-5-12(7-14(18)16(10)23)15-8-20-17(22-21-15)24-9-11-3-2-4-13(19)6-11/h2-8,23H,9H2,1H3. The fraction of sp³-hybridized carbons (Fsp3) is 0.118. The van der Waals surface area contributed by atoms with E-state index in [2.05, 4.69) is 31.1 Å². The second kappa shape index (κ2) is 7.15. The van der Waals surface area contributed by atoms with Gasteiger partial charge >= 0.3 is 6.01 Å². The van der Waals surface area contributed by atoms with Gasteiger partial charge in [0.25, 0.3) is 0 Å². The molecule has 1 aromatic heterocycles. The minimum atomic E-state index is 0.188. The summed E-state index contributed by atoms with van der Waals surface area (Å²) in [7, 11) is 0. The van der Waals surface area contributed by atoms with E-state index < -0.39 is 0 Å². The van der Waals surface area contributed by atoms with Crippen molar-refractivity contribution < 1.29 is 9.84 Å². The minimum Gasteiger partial charge on any atom is -0.506 e. The van der Waals surface area contributed by atoms with Gasteiger partial charge in [-0.3, -0.25) is 0 Å². The van der Waals surface area contributed by atoms with Crippen LogP contribution in [0, 0.1) is 6.92 Å². The maximum Gasteiger partial charge on any atom is 0.336 e. The molecule has 0 fully saturated rings. The zero-order valence-corrected chi connectivity index (χ0v) is 15.0. The summed E-state index contributed by atoms with van der Waals surface area (Å²) >= 11 is 9.24. The SMILES string of the molecule is Cc1cc(-c2cnc(OCc3cccc(Cl)c3)nn2)cc(Br)c1O. The van der Waals surface area contributed by atoms with Gasteiger partial charge in [0.05, 0.1) is 10.7 Å². The molecule has 0 atom stereocenters. The van der Waals surface area contributed by atoms with Crippen LogP contribution in [-0.2, 0) is 6.61 Å². The monoisotopic (exact) mass is 405 g/mol. The lowest BCUT2D eigenvalue weighted by atomic mass is 10.1. The maximum atomic E-state index is 9.79. The third-order valence-corrected chi connectivity index (χ3v) is 4.19. The summed E-state index contributed by atoms with van der Waals surface area (Å²) in [6.07, 6.45) is 1.58. The lowest BCUT2D eigenvalue weighted by molar-refractivity contribution is 0.277. The average Bonchev–Trinajstić information content (AvgIpc) is 2.58. The summed E-state index contributed by atoms with van der Waals surface area (Å²) < 4.78 is 6.11. The van der Waals surface area contributed by atoms with Crippen LogP contribution in [0.1, 0.15) is 11.1 Å². The largest absolute Gasteiger partial charge is 0.506 e. The molecule has 0 aliphatic carbocycles. The number of hydrogen-bond donors (Lipinski definition) is 1. The smallest absolute Gasteiger partial charge is 0.336 e. The molecule has 122 valence electrons. The normalized spacial score (nSPS) is 10.6. The predicted molar refractivity (Wildman–Crippen MR) is 95.1 cm³/mol. The number of nitrogens with zero attached hydrogens (tertiary/aromatic N) is 3. The van der Waals surface area contributed by atoms with Crippen molar-refractivity contribution in [1.82, 2.24) is 15.2 Å². The molecule has 1 heterocycles. The quantitative estimate of drug-likeness (QED) is 0.688. The molecular formula is C17H13BrClN3O2. The molecule has 0 amide bonds. The summed E-state index contributed by atoms with van der Waals surface area (Å²) in [5.74, 6) is 0.209. The first kappa shape index (κ1) is 16.7. The van der Waals surface area contributed by atoms with E-state index in [1.165, 1.54) is 0 Å². The van der Waals surface area contributed by atoms with E-state index in [9.17, 15) is 5.11 Å². The number of hydrogen-bond acceptors (Lipinski definition) is 5. The molecule has 0 spiro atoms. The summed E-state index contributed by atoms with van der Waals surface area (Å²) in [5.41, 5.74) is 3.06. The van der Waals surface area contributed by atoms with E-state index in [0.717, 1.165) is 16.7 Å². The van der Waals surface area contributed by atoms with Gasteiger partial charge in [0.15, 0.2) is 0 Å². The number of aromatic nitrogens is 3. The molecule has 0 saturated carbocycles. The first-order chi connectivity index (χ1) is 11.5. The molecule has 0 bridgehead atoms. The fourth-order valence-electron chi connectivity index (χ4n) is 2.12. The Hall–Kier alpha value is -2.18. The van der Waals surface area contributed by atoms with Crippen molar-refractivity contribution in [2.45, 2.75) is 13.5 Å². The van der Waals surface area contributed by atoms with Gasteiger partial charge in [-0.15, -0.1) is 5.10 Å². The number of rotatable bonds is 4.